The number of likely N-dealkylation sites (N-methyl/N-ethyl adjacent to an activating group) is 1. The quantitative estimate of drug-likeness (QED) is 0.593. The van der Waals surface area contributed by atoms with E-state index in [4.69, 9.17) is 0 Å². The van der Waals surface area contributed by atoms with Gasteiger partial charge >= 0.3 is 6.03 Å². The van der Waals surface area contributed by atoms with Crippen molar-refractivity contribution < 1.29 is 18.8 Å². The Morgan fingerprint density at radius 3 is 2.11 bits per heavy atom. The lowest BCUT2D eigenvalue weighted by molar-refractivity contribution is -0.120. The van der Waals surface area contributed by atoms with Crippen LogP contribution in [0.3, 0.4) is 0 Å². The van der Waals surface area contributed by atoms with Crippen LogP contribution in [0.5, 0.6) is 0 Å². The van der Waals surface area contributed by atoms with Gasteiger partial charge in [-0.15, -0.1) is 0 Å². The van der Waals surface area contributed by atoms with E-state index in [1.807, 2.05) is 0 Å². The van der Waals surface area contributed by atoms with Crippen molar-refractivity contribution in [2.75, 3.05) is 18.9 Å². The second-order valence-corrected chi connectivity index (χ2v) is 5.76. The van der Waals surface area contributed by atoms with Crippen LogP contribution >= 0.6 is 0 Å². The minimum Gasteiger partial charge on any atom is -0.359 e. The number of nitrogens with one attached hydrogen (secondary N) is 4. The molecule has 4 amide bonds. The number of carbonyl (C=O) groups excluding carboxylic acids is 3. The highest BCUT2D eigenvalue weighted by Crippen LogP contribution is 2.10. The zero-order valence-corrected chi connectivity index (χ0v) is 14.8. The van der Waals surface area contributed by atoms with Gasteiger partial charge in [0.15, 0.2) is 0 Å². The SMILES string of the molecule is CNC(=O)Cc1ccc(NC(=O)CNC(=O)NCc2ccc(F)cc2)cc1. The van der Waals surface area contributed by atoms with Crippen molar-refractivity contribution in [2.45, 2.75) is 13.0 Å². The van der Waals surface area contributed by atoms with Crippen molar-refractivity contribution in [3.05, 3.63) is 65.5 Å². The van der Waals surface area contributed by atoms with E-state index in [1.165, 1.54) is 12.1 Å². The number of hydrogen-bond acceptors (Lipinski definition) is 3. The van der Waals surface area contributed by atoms with E-state index in [0.29, 0.717) is 5.69 Å². The second kappa shape index (κ2) is 9.91. The van der Waals surface area contributed by atoms with Gasteiger partial charge in [-0.1, -0.05) is 24.3 Å². The van der Waals surface area contributed by atoms with Crippen LogP contribution in [0.25, 0.3) is 0 Å². The van der Waals surface area contributed by atoms with Gasteiger partial charge in [-0.2, -0.15) is 0 Å². The molecule has 0 bridgehead atoms. The molecule has 0 radical (unpaired) electrons. The Labute approximate surface area is 156 Å². The summed E-state index contributed by atoms with van der Waals surface area (Å²) in [6.45, 7) is 0.0236. The van der Waals surface area contributed by atoms with Crippen LogP contribution in [-0.2, 0) is 22.6 Å². The molecule has 0 aromatic heterocycles. The maximum Gasteiger partial charge on any atom is 0.315 e. The summed E-state index contributed by atoms with van der Waals surface area (Å²) < 4.78 is 12.8. The fourth-order valence-electron chi connectivity index (χ4n) is 2.19. The summed E-state index contributed by atoms with van der Waals surface area (Å²) >= 11 is 0. The number of halogens is 1. The van der Waals surface area contributed by atoms with E-state index < -0.39 is 6.03 Å². The lowest BCUT2D eigenvalue weighted by Crippen LogP contribution is -2.39. The van der Waals surface area contributed by atoms with Crippen molar-refractivity contribution in [1.29, 1.82) is 0 Å². The Bertz CT molecular complexity index is 792. The van der Waals surface area contributed by atoms with Crippen LogP contribution in [0.15, 0.2) is 48.5 Å². The van der Waals surface area contributed by atoms with Gasteiger partial charge in [0, 0.05) is 19.3 Å². The second-order valence-electron chi connectivity index (χ2n) is 5.76. The van der Waals surface area contributed by atoms with E-state index in [1.54, 1.807) is 43.4 Å². The van der Waals surface area contributed by atoms with Crippen molar-refractivity contribution >= 4 is 23.5 Å². The van der Waals surface area contributed by atoms with E-state index in [-0.39, 0.29) is 37.1 Å². The van der Waals surface area contributed by atoms with E-state index in [0.717, 1.165) is 11.1 Å². The summed E-state index contributed by atoms with van der Waals surface area (Å²) in [5.74, 6) is -0.824. The predicted molar refractivity (Wildman–Crippen MR) is 99.5 cm³/mol. The third kappa shape index (κ3) is 7.15. The Kier molecular flexibility index (Phi) is 7.30. The molecule has 0 saturated heterocycles. The average Bonchev–Trinajstić information content (AvgIpc) is 2.67. The summed E-state index contributed by atoms with van der Waals surface area (Å²) in [5.41, 5.74) is 2.13. The number of rotatable bonds is 7. The molecule has 2 aromatic rings. The number of amides is 4. The molecule has 0 heterocycles. The highest BCUT2D eigenvalue weighted by Gasteiger charge is 2.07. The fraction of sp³-hybridized carbons (Fsp3) is 0.211. The molecule has 0 aliphatic carbocycles. The summed E-state index contributed by atoms with van der Waals surface area (Å²) in [4.78, 5) is 34.9. The molecule has 0 spiro atoms. The first kappa shape index (κ1) is 19.9. The summed E-state index contributed by atoms with van der Waals surface area (Å²) in [7, 11) is 1.57. The Balaban J connectivity index is 1.71. The van der Waals surface area contributed by atoms with Gasteiger partial charge in [-0.3, -0.25) is 9.59 Å². The van der Waals surface area contributed by atoms with Gasteiger partial charge < -0.3 is 21.3 Å². The minimum atomic E-state index is -0.504. The average molecular weight is 372 g/mol. The van der Waals surface area contributed by atoms with Crippen LogP contribution in [0, 0.1) is 5.82 Å². The molecule has 4 N–H and O–H groups in total. The highest BCUT2D eigenvalue weighted by molar-refractivity contribution is 5.94. The van der Waals surface area contributed by atoms with Gasteiger partial charge in [0.25, 0.3) is 0 Å². The van der Waals surface area contributed by atoms with Gasteiger partial charge in [0.2, 0.25) is 11.8 Å². The first-order valence-electron chi connectivity index (χ1n) is 8.32. The number of carbonyl (C=O) groups is 3. The molecule has 0 aliphatic heterocycles. The van der Waals surface area contributed by atoms with Crippen molar-refractivity contribution in [1.82, 2.24) is 16.0 Å². The molecule has 142 valence electrons. The minimum absolute atomic E-state index is 0.0948. The van der Waals surface area contributed by atoms with E-state index in [2.05, 4.69) is 21.3 Å². The van der Waals surface area contributed by atoms with Gasteiger partial charge in [0.1, 0.15) is 5.82 Å². The molecular weight excluding hydrogens is 351 g/mol. The lowest BCUT2D eigenvalue weighted by atomic mass is 10.1. The molecule has 2 aromatic carbocycles. The normalized spacial score (nSPS) is 10.0. The molecule has 0 atom stereocenters. The first-order chi connectivity index (χ1) is 13.0. The smallest absolute Gasteiger partial charge is 0.315 e. The highest BCUT2D eigenvalue weighted by atomic mass is 19.1. The van der Waals surface area contributed by atoms with Crippen LogP contribution < -0.4 is 21.3 Å². The van der Waals surface area contributed by atoms with E-state index in [9.17, 15) is 18.8 Å². The van der Waals surface area contributed by atoms with Crippen LogP contribution in [-0.4, -0.2) is 31.4 Å². The lowest BCUT2D eigenvalue weighted by Gasteiger charge is -2.09. The third-order valence-electron chi connectivity index (χ3n) is 3.66. The first-order valence-corrected chi connectivity index (χ1v) is 8.32. The number of urea groups is 1. The number of benzene rings is 2. The topological polar surface area (TPSA) is 99.3 Å². The van der Waals surface area contributed by atoms with Crippen LogP contribution in [0.2, 0.25) is 0 Å². The maximum absolute atomic E-state index is 12.8. The molecule has 0 unspecified atom stereocenters. The zero-order valence-electron chi connectivity index (χ0n) is 14.8. The van der Waals surface area contributed by atoms with Crippen molar-refractivity contribution in [2.24, 2.45) is 0 Å². The Morgan fingerprint density at radius 1 is 0.852 bits per heavy atom. The van der Waals surface area contributed by atoms with Crippen LogP contribution in [0.4, 0.5) is 14.9 Å². The summed E-state index contributed by atoms with van der Waals surface area (Å²) in [5, 5.41) is 10.2. The van der Waals surface area contributed by atoms with Crippen molar-refractivity contribution in [3.63, 3.8) is 0 Å². The van der Waals surface area contributed by atoms with Gasteiger partial charge in [-0.05, 0) is 35.4 Å². The van der Waals surface area contributed by atoms with Gasteiger partial charge in [-0.25, -0.2) is 9.18 Å². The van der Waals surface area contributed by atoms with Gasteiger partial charge in [0.05, 0.1) is 13.0 Å². The molecule has 0 saturated carbocycles. The molecule has 8 heteroatoms. The molecule has 0 fully saturated rings. The number of hydrogen-bond donors (Lipinski definition) is 4. The standard InChI is InChI=1S/C19H21FN4O3/c1-21-17(25)10-13-4-8-16(9-5-13)24-18(26)12-23-19(27)22-11-14-2-6-15(20)7-3-14/h2-9H,10-12H2,1H3,(H,21,25)(H,24,26)(H2,22,23,27). The Morgan fingerprint density at radius 2 is 1.48 bits per heavy atom. The van der Waals surface area contributed by atoms with E-state index >= 15 is 0 Å². The maximum atomic E-state index is 12.8. The fourth-order valence-corrected chi connectivity index (χ4v) is 2.19. The molecule has 7 nitrogen and oxygen atoms in total. The Hall–Kier alpha value is -3.42. The zero-order chi connectivity index (χ0) is 19.6. The number of anilines is 1. The van der Waals surface area contributed by atoms with Crippen LogP contribution in [0.1, 0.15) is 11.1 Å². The monoisotopic (exact) mass is 372 g/mol. The molecule has 2 rings (SSSR count). The summed E-state index contributed by atoms with van der Waals surface area (Å²) in [6.07, 6.45) is 0.264. The molecule has 0 aliphatic rings. The van der Waals surface area contributed by atoms with Crippen molar-refractivity contribution in [3.8, 4) is 0 Å². The largest absolute Gasteiger partial charge is 0.359 e. The summed E-state index contributed by atoms with van der Waals surface area (Å²) in [6, 6.07) is 12.1. The molecular formula is C19H21FN4O3. The predicted octanol–water partition coefficient (Wildman–Crippen LogP) is 1.55. The third-order valence-corrected chi connectivity index (χ3v) is 3.66. The molecule has 27 heavy (non-hydrogen) atoms.